The summed E-state index contributed by atoms with van der Waals surface area (Å²) in [4.78, 5) is 2.39. The molecule has 0 amide bonds. The highest BCUT2D eigenvalue weighted by Crippen LogP contribution is 2.44. The van der Waals surface area contributed by atoms with Crippen molar-refractivity contribution in [1.82, 2.24) is 4.57 Å². The number of nitrogens with zero attached hydrogens (tertiary/aromatic N) is 2. The van der Waals surface area contributed by atoms with Crippen LogP contribution in [0.1, 0.15) is 0 Å². The first kappa shape index (κ1) is 36.9. The third-order valence-corrected chi connectivity index (χ3v) is 13.2. The fourth-order valence-electron chi connectivity index (χ4n) is 10.2. The van der Waals surface area contributed by atoms with Gasteiger partial charge in [-0.05, 0) is 111 Å². The maximum absolute atomic E-state index is 6.56. The van der Waals surface area contributed by atoms with Crippen molar-refractivity contribution in [2.45, 2.75) is 0 Å². The van der Waals surface area contributed by atoms with Crippen LogP contribution in [0.4, 0.5) is 17.1 Å². The summed E-state index contributed by atoms with van der Waals surface area (Å²) >= 11 is 0. The summed E-state index contributed by atoms with van der Waals surface area (Å²) in [6, 6.07) is 87.7. The summed E-state index contributed by atoms with van der Waals surface area (Å²) in [6.45, 7) is 0. The Kier molecular flexibility index (Phi) is 8.53. The number of furan rings is 1. The number of anilines is 3. The van der Waals surface area contributed by atoms with Crippen LogP contribution in [0.25, 0.3) is 104 Å². The summed E-state index contributed by atoms with van der Waals surface area (Å²) in [5.41, 5.74) is 15.3. The average molecular weight is 829 g/mol. The molecule has 0 atom stereocenters. The van der Waals surface area contributed by atoms with Crippen molar-refractivity contribution in [2.24, 2.45) is 0 Å². The standard InChI is InChI=1S/C62H40N2O/c1-2-21-48-44(16-1)40-57(52-24-4-3-23-51(48)52)43-18-14-20-47(39-43)63(46-19-13-17-42(38-46)50-28-15-29-56-55-27-8-12-33-61(55)65-62(50)56)45-36-34-41(35-37-45)49-22-5-9-30-58(49)64-59-31-10-6-25-53(59)54-26-7-11-32-60(54)64/h1-40H. The van der Waals surface area contributed by atoms with E-state index < -0.39 is 0 Å². The van der Waals surface area contributed by atoms with Crippen molar-refractivity contribution < 1.29 is 4.42 Å². The SMILES string of the molecule is c1cc(-c2cc3ccccc3c3ccccc23)cc(N(c2ccc(-c3ccccc3-n3c4ccccc4c4ccccc43)cc2)c2cccc(-c3cccc4c3oc3ccccc34)c2)c1. The van der Waals surface area contributed by atoms with Gasteiger partial charge in [0.2, 0.25) is 0 Å². The number of fused-ring (bicyclic) bond motifs is 9. The molecule has 0 saturated carbocycles. The molecule has 2 aromatic heterocycles. The Balaban J connectivity index is 0.976. The second kappa shape index (κ2) is 15.0. The molecule has 3 heteroatoms. The van der Waals surface area contributed by atoms with Gasteiger partial charge in [0, 0.05) is 49.7 Å². The third-order valence-electron chi connectivity index (χ3n) is 13.2. The zero-order valence-corrected chi connectivity index (χ0v) is 35.4. The van der Waals surface area contributed by atoms with Crippen molar-refractivity contribution >= 4 is 82.4 Å². The minimum atomic E-state index is 0.894. The van der Waals surface area contributed by atoms with Gasteiger partial charge in [0.15, 0.2) is 0 Å². The predicted octanol–water partition coefficient (Wildman–Crippen LogP) is 17.5. The van der Waals surface area contributed by atoms with E-state index in [9.17, 15) is 0 Å². The lowest BCUT2D eigenvalue weighted by molar-refractivity contribution is 0.670. The van der Waals surface area contributed by atoms with E-state index in [-0.39, 0.29) is 0 Å². The first-order valence-corrected chi connectivity index (χ1v) is 22.2. The summed E-state index contributed by atoms with van der Waals surface area (Å²) in [7, 11) is 0. The monoisotopic (exact) mass is 828 g/mol. The normalized spacial score (nSPS) is 11.7. The van der Waals surface area contributed by atoms with Gasteiger partial charge in [0.05, 0.1) is 16.7 Å². The molecular formula is C62H40N2O. The highest BCUT2D eigenvalue weighted by Gasteiger charge is 2.20. The number of aromatic nitrogens is 1. The molecule has 0 saturated heterocycles. The Labute approximate surface area is 376 Å². The van der Waals surface area contributed by atoms with Crippen molar-refractivity contribution in [1.29, 1.82) is 0 Å². The lowest BCUT2D eigenvalue weighted by Crippen LogP contribution is -2.10. The maximum Gasteiger partial charge on any atom is 0.143 e. The van der Waals surface area contributed by atoms with E-state index in [1.165, 1.54) is 54.5 Å². The molecule has 0 N–H and O–H groups in total. The minimum absolute atomic E-state index is 0.894. The van der Waals surface area contributed by atoms with Crippen LogP contribution in [0, 0.1) is 0 Å². The molecule has 0 aliphatic carbocycles. The van der Waals surface area contributed by atoms with Gasteiger partial charge < -0.3 is 13.9 Å². The molecule has 0 radical (unpaired) electrons. The zero-order valence-electron chi connectivity index (χ0n) is 35.4. The first-order valence-electron chi connectivity index (χ1n) is 22.2. The highest BCUT2D eigenvalue weighted by atomic mass is 16.3. The van der Waals surface area contributed by atoms with Crippen LogP contribution in [-0.2, 0) is 0 Å². The lowest BCUT2D eigenvalue weighted by Gasteiger charge is -2.27. The Morgan fingerprint density at radius 3 is 1.58 bits per heavy atom. The second-order valence-corrected chi connectivity index (χ2v) is 16.8. The molecule has 0 spiro atoms. The number of hydrogen-bond acceptors (Lipinski definition) is 2. The van der Waals surface area contributed by atoms with Crippen LogP contribution < -0.4 is 4.90 Å². The van der Waals surface area contributed by atoms with E-state index in [0.29, 0.717) is 0 Å². The second-order valence-electron chi connectivity index (χ2n) is 16.8. The van der Waals surface area contributed by atoms with Crippen molar-refractivity contribution in [2.75, 3.05) is 4.90 Å². The molecule has 11 aromatic carbocycles. The van der Waals surface area contributed by atoms with Gasteiger partial charge in [-0.2, -0.15) is 0 Å². The minimum Gasteiger partial charge on any atom is -0.455 e. The highest BCUT2D eigenvalue weighted by molar-refractivity contribution is 6.14. The fraction of sp³-hybridized carbons (Fsp3) is 0. The molecule has 3 nitrogen and oxygen atoms in total. The molecule has 0 fully saturated rings. The van der Waals surface area contributed by atoms with Crippen LogP contribution in [-0.4, -0.2) is 4.57 Å². The van der Waals surface area contributed by atoms with Gasteiger partial charge in [-0.15, -0.1) is 0 Å². The molecule has 13 aromatic rings. The van der Waals surface area contributed by atoms with Crippen molar-refractivity contribution in [3.8, 4) is 39.1 Å². The summed E-state index contributed by atoms with van der Waals surface area (Å²) in [6.07, 6.45) is 0. The molecule has 0 unspecified atom stereocenters. The summed E-state index contributed by atoms with van der Waals surface area (Å²) < 4.78 is 8.97. The van der Waals surface area contributed by atoms with E-state index in [4.69, 9.17) is 4.42 Å². The van der Waals surface area contributed by atoms with Gasteiger partial charge >= 0.3 is 0 Å². The molecule has 13 rings (SSSR count). The molecular weight excluding hydrogens is 789 g/mol. The van der Waals surface area contributed by atoms with Gasteiger partial charge in [0.25, 0.3) is 0 Å². The summed E-state index contributed by atoms with van der Waals surface area (Å²) in [5, 5.41) is 9.73. The topological polar surface area (TPSA) is 21.3 Å². The quantitative estimate of drug-likeness (QED) is 0.149. The molecule has 0 aliphatic rings. The Morgan fingerprint density at radius 1 is 0.308 bits per heavy atom. The molecule has 0 bridgehead atoms. The van der Waals surface area contributed by atoms with Crippen LogP contribution in [0.3, 0.4) is 0 Å². The van der Waals surface area contributed by atoms with Crippen LogP contribution in [0.5, 0.6) is 0 Å². The van der Waals surface area contributed by atoms with E-state index in [1.54, 1.807) is 0 Å². The lowest BCUT2D eigenvalue weighted by atomic mass is 9.93. The molecule has 65 heavy (non-hydrogen) atoms. The Bertz CT molecular complexity index is 3910. The molecule has 304 valence electrons. The number of hydrogen-bond donors (Lipinski definition) is 0. The number of para-hydroxylation sites is 5. The van der Waals surface area contributed by atoms with Crippen LogP contribution in [0.2, 0.25) is 0 Å². The smallest absolute Gasteiger partial charge is 0.143 e. The number of benzene rings is 11. The van der Waals surface area contributed by atoms with Gasteiger partial charge in [-0.25, -0.2) is 0 Å². The predicted molar refractivity (Wildman–Crippen MR) is 274 cm³/mol. The van der Waals surface area contributed by atoms with Crippen LogP contribution in [0.15, 0.2) is 247 Å². The average Bonchev–Trinajstić information content (AvgIpc) is 3.93. The summed E-state index contributed by atoms with van der Waals surface area (Å²) in [5.74, 6) is 0. The van der Waals surface area contributed by atoms with Crippen LogP contribution >= 0.6 is 0 Å². The van der Waals surface area contributed by atoms with E-state index >= 15 is 0 Å². The fourth-order valence-corrected chi connectivity index (χ4v) is 10.2. The van der Waals surface area contributed by atoms with Crippen molar-refractivity contribution in [3.05, 3.63) is 243 Å². The van der Waals surface area contributed by atoms with E-state index in [0.717, 1.165) is 66.9 Å². The van der Waals surface area contributed by atoms with E-state index in [1.807, 2.05) is 12.1 Å². The molecule has 2 heterocycles. The largest absolute Gasteiger partial charge is 0.455 e. The first-order chi connectivity index (χ1) is 32.2. The maximum atomic E-state index is 6.56. The Hall–Kier alpha value is -8.66. The van der Waals surface area contributed by atoms with Gasteiger partial charge in [-0.1, -0.05) is 176 Å². The number of rotatable bonds is 7. The Morgan fingerprint density at radius 2 is 0.846 bits per heavy atom. The third kappa shape index (κ3) is 6.05. The van der Waals surface area contributed by atoms with Crippen molar-refractivity contribution in [3.63, 3.8) is 0 Å². The van der Waals surface area contributed by atoms with E-state index in [2.05, 4.69) is 240 Å². The van der Waals surface area contributed by atoms with Gasteiger partial charge in [-0.3, -0.25) is 0 Å². The zero-order chi connectivity index (χ0) is 42.8. The van der Waals surface area contributed by atoms with Gasteiger partial charge in [0.1, 0.15) is 11.2 Å². The molecule has 0 aliphatic heterocycles.